The number of methoxy groups -OCH3 is 1. The highest BCUT2D eigenvalue weighted by molar-refractivity contribution is 5.86. The zero-order chi connectivity index (χ0) is 14.1. The van der Waals surface area contributed by atoms with Crippen molar-refractivity contribution in [3.8, 4) is 0 Å². The molecule has 6 nitrogen and oxygen atoms in total. The minimum Gasteiger partial charge on any atom is -0.467 e. The van der Waals surface area contributed by atoms with Crippen LogP contribution in [0.5, 0.6) is 0 Å². The van der Waals surface area contributed by atoms with Crippen LogP contribution in [0.4, 0.5) is 4.79 Å². The fourth-order valence-corrected chi connectivity index (χ4v) is 2.05. The number of hydrogen-bond donors (Lipinski definition) is 1. The zero-order valence-corrected chi connectivity index (χ0v) is 11.5. The lowest BCUT2D eigenvalue weighted by Gasteiger charge is -2.33. The summed E-state index contributed by atoms with van der Waals surface area (Å²) in [5, 5.41) is 9.67. The van der Waals surface area contributed by atoms with Crippen LogP contribution < -0.4 is 0 Å². The Morgan fingerprint density at radius 2 is 1.94 bits per heavy atom. The number of β-amino-alcohol motifs (C(OH)–C–C–N with tert-alkyl or cyclic N) is 1. The fraction of sp³-hybridized carbons (Fsp3) is 0.833. The summed E-state index contributed by atoms with van der Waals surface area (Å²) in [5.41, 5.74) is -1.82. The quantitative estimate of drug-likeness (QED) is 0.709. The van der Waals surface area contributed by atoms with E-state index in [-0.39, 0.29) is 13.0 Å². The fourth-order valence-electron chi connectivity index (χ4n) is 2.05. The molecule has 104 valence electrons. The van der Waals surface area contributed by atoms with Gasteiger partial charge in [0.05, 0.1) is 19.8 Å². The first-order valence-corrected chi connectivity index (χ1v) is 5.87. The number of nitrogens with zero attached hydrogens (tertiary/aromatic N) is 1. The maximum absolute atomic E-state index is 12.0. The Kier molecular flexibility index (Phi) is 3.90. The third-order valence-electron chi connectivity index (χ3n) is 2.86. The molecular weight excluding hydrogens is 238 g/mol. The number of aliphatic hydroxyl groups is 1. The van der Waals surface area contributed by atoms with Gasteiger partial charge < -0.3 is 14.6 Å². The van der Waals surface area contributed by atoms with Gasteiger partial charge >= 0.3 is 12.1 Å². The third-order valence-corrected chi connectivity index (χ3v) is 2.86. The largest absolute Gasteiger partial charge is 0.467 e. The van der Waals surface area contributed by atoms with Crippen molar-refractivity contribution < 1.29 is 24.2 Å². The van der Waals surface area contributed by atoms with E-state index in [2.05, 4.69) is 0 Å². The highest BCUT2D eigenvalue weighted by Crippen LogP contribution is 2.31. The average Bonchev–Trinajstić information content (AvgIpc) is 2.51. The van der Waals surface area contributed by atoms with Gasteiger partial charge in [-0.1, -0.05) is 0 Å². The number of likely N-dealkylation sites (tertiary alicyclic amines) is 1. The molecule has 0 aliphatic carbocycles. The van der Waals surface area contributed by atoms with E-state index >= 15 is 0 Å². The summed E-state index contributed by atoms with van der Waals surface area (Å²) in [6.07, 6.45) is -1.22. The lowest BCUT2D eigenvalue weighted by Crippen LogP contribution is -2.52. The van der Waals surface area contributed by atoms with Crippen LogP contribution in [0.15, 0.2) is 0 Å². The molecule has 0 spiro atoms. The van der Waals surface area contributed by atoms with Gasteiger partial charge in [0.15, 0.2) is 0 Å². The van der Waals surface area contributed by atoms with E-state index in [0.717, 1.165) is 0 Å². The molecule has 0 unspecified atom stereocenters. The SMILES string of the molecule is COC(=O)[C@]1(C)C[C@H](O)CN1C(=O)OC(C)(C)C. The first kappa shape index (κ1) is 14.8. The number of hydrogen-bond acceptors (Lipinski definition) is 5. The number of rotatable bonds is 1. The van der Waals surface area contributed by atoms with Gasteiger partial charge in [-0.25, -0.2) is 9.59 Å². The molecule has 1 aliphatic rings. The minimum absolute atomic E-state index is 0.0700. The van der Waals surface area contributed by atoms with Crippen LogP contribution in [0.3, 0.4) is 0 Å². The Morgan fingerprint density at radius 3 is 2.39 bits per heavy atom. The normalized spacial score (nSPS) is 28.1. The summed E-state index contributed by atoms with van der Waals surface area (Å²) in [6.45, 7) is 6.87. The molecule has 0 bridgehead atoms. The molecule has 0 aromatic carbocycles. The second-order valence-electron chi connectivity index (χ2n) is 5.71. The van der Waals surface area contributed by atoms with Gasteiger partial charge in [0.2, 0.25) is 0 Å². The number of carbonyl (C=O) groups is 2. The number of esters is 1. The van der Waals surface area contributed by atoms with Gasteiger partial charge in [-0.3, -0.25) is 4.90 Å². The second-order valence-corrected chi connectivity index (χ2v) is 5.71. The van der Waals surface area contributed by atoms with Gasteiger partial charge in [-0.05, 0) is 27.7 Å². The zero-order valence-electron chi connectivity index (χ0n) is 11.5. The summed E-state index contributed by atoms with van der Waals surface area (Å²) in [6, 6.07) is 0. The molecule has 1 saturated heterocycles. The highest BCUT2D eigenvalue weighted by atomic mass is 16.6. The predicted molar refractivity (Wildman–Crippen MR) is 64.0 cm³/mol. The highest BCUT2D eigenvalue weighted by Gasteiger charge is 2.51. The van der Waals surface area contributed by atoms with Crippen LogP contribution in [-0.2, 0) is 14.3 Å². The second kappa shape index (κ2) is 4.76. The molecule has 0 aromatic rings. The van der Waals surface area contributed by atoms with E-state index in [1.807, 2.05) is 0 Å². The lowest BCUT2D eigenvalue weighted by molar-refractivity contribution is -0.152. The number of ether oxygens (including phenoxy) is 2. The maximum Gasteiger partial charge on any atom is 0.411 e. The van der Waals surface area contributed by atoms with Crippen molar-refractivity contribution in [1.29, 1.82) is 0 Å². The third kappa shape index (κ3) is 2.93. The Bertz CT molecular complexity index is 349. The summed E-state index contributed by atoms with van der Waals surface area (Å²) in [7, 11) is 1.26. The monoisotopic (exact) mass is 259 g/mol. The first-order chi connectivity index (χ1) is 8.10. The molecule has 0 radical (unpaired) electrons. The van der Waals surface area contributed by atoms with Crippen molar-refractivity contribution in [3.63, 3.8) is 0 Å². The summed E-state index contributed by atoms with van der Waals surface area (Å²) >= 11 is 0. The number of amides is 1. The van der Waals surface area contributed by atoms with Crippen LogP contribution in [0.1, 0.15) is 34.1 Å². The van der Waals surface area contributed by atoms with Crippen molar-refractivity contribution in [1.82, 2.24) is 4.90 Å². The van der Waals surface area contributed by atoms with E-state index in [1.54, 1.807) is 27.7 Å². The molecule has 1 aliphatic heterocycles. The molecule has 1 rings (SSSR count). The Balaban J connectivity index is 2.92. The van der Waals surface area contributed by atoms with E-state index in [0.29, 0.717) is 0 Å². The average molecular weight is 259 g/mol. The van der Waals surface area contributed by atoms with Crippen molar-refractivity contribution in [2.45, 2.75) is 51.4 Å². The van der Waals surface area contributed by atoms with Crippen LogP contribution in [0, 0.1) is 0 Å². The van der Waals surface area contributed by atoms with E-state index < -0.39 is 29.3 Å². The predicted octanol–water partition coefficient (Wildman–Crippen LogP) is 0.920. The van der Waals surface area contributed by atoms with Gasteiger partial charge in [0.1, 0.15) is 11.1 Å². The summed E-state index contributed by atoms with van der Waals surface area (Å²) in [5.74, 6) is -0.551. The van der Waals surface area contributed by atoms with E-state index in [1.165, 1.54) is 12.0 Å². The van der Waals surface area contributed by atoms with E-state index in [4.69, 9.17) is 9.47 Å². The van der Waals surface area contributed by atoms with Crippen LogP contribution >= 0.6 is 0 Å². The molecule has 1 amide bonds. The minimum atomic E-state index is -1.17. The Labute approximate surface area is 107 Å². The summed E-state index contributed by atoms with van der Waals surface area (Å²) in [4.78, 5) is 25.0. The summed E-state index contributed by atoms with van der Waals surface area (Å²) < 4.78 is 9.92. The number of carbonyl (C=O) groups excluding carboxylic acids is 2. The lowest BCUT2D eigenvalue weighted by atomic mass is 9.98. The Hall–Kier alpha value is -1.30. The van der Waals surface area contributed by atoms with Gasteiger partial charge in [0.25, 0.3) is 0 Å². The standard InChI is InChI=1S/C12H21NO5/c1-11(2,3)18-10(16)13-7-8(14)6-12(13,4)9(15)17-5/h8,14H,6-7H2,1-5H3/t8-,12-/m0/s1. The van der Waals surface area contributed by atoms with Crippen molar-refractivity contribution >= 4 is 12.1 Å². The molecule has 18 heavy (non-hydrogen) atoms. The van der Waals surface area contributed by atoms with Gasteiger partial charge in [0, 0.05) is 6.42 Å². The molecular formula is C12H21NO5. The van der Waals surface area contributed by atoms with Crippen molar-refractivity contribution in [2.24, 2.45) is 0 Å². The molecule has 0 aromatic heterocycles. The van der Waals surface area contributed by atoms with Gasteiger partial charge in [-0.2, -0.15) is 0 Å². The molecule has 6 heteroatoms. The number of aliphatic hydroxyl groups excluding tert-OH is 1. The molecule has 1 heterocycles. The van der Waals surface area contributed by atoms with Crippen molar-refractivity contribution in [3.05, 3.63) is 0 Å². The van der Waals surface area contributed by atoms with Gasteiger partial charge in [-0.15, -0.1) is 0 Å². The van der Waals surface area contributed by atoms with Crippen molar-refractivity contribution in [2.75, 3.05) is 13.7 Å². The van der Waals surface area contributed by atoms with Crippen LogP contribution in [0.25, 0.3) is 0 Å². The first-order valence-electron chi connectivity index (χ1n) is 5.87. The van der Waals surface area contributed by atoms with Crippen LogP contribution in [-0.4, -0.2) is 53.0 Å². The Morgan fingerprint density at radius 1 is 1.39 bits per heavy atom. The van der Waals surface area contributed by atoms with E-state index in [9.17, 15) is 14.7 Å². The smallest absolute Gasteiger partial charge is 0.411 e. The topological polar surface area (TPSA) is 76.1 Å². The molecule has 2 atom stereocenters. The molecule has 0 saturated carbocycles. The molecule has 1 N–H and O–H groups in total. The molecule has 1 fully saturated rings. The van der Waals surface area contributed by atoms with Crippen LogP contribution in [0.2, 0.25) is 0 Å². The maximum atomic E-state index is 12.0.